The van der Waals surface area contributed by atoms with E-state index in [4.69, 9.17) is 0 Å². The maximum atomic E-state index is 3.56. The Bertz CT molecular complexity index is 731. The molecule has 142 valence electrons. The van der Waals surface area contributed by atoms with Gasteiger partial charge in [-0.1, -0.05) is 111 Å². The molecule has 0 heterocycles. The van der Waals surface area contributed by atoms with Crippen LogP contribution < -0.4 is 10.6 Å². The van der Waals surface area contributed by atoms with Crippen LogP contribution in [-0.2, 0) is 16.2 Å². The van der Waals surface area contributed by atoms with Gasteiger partial charge in [0.2, 0.25) is 0 Å². The van der Waals surface area contributed by atoms with Gasteiger partial charge >= 0.3 is 0 Å². The van der Waals surface area contributed by atoms with Crippen LogP contribution in [0.5, 0.6) is 0 Å². The van der Waals surface area contributed by atoms with Crippen LogP contribution in [-0.4, -0.2) is 0 Å². The number of hydrogen-bond donors (Lipinski definition) is 0. The van der Waals surface area contributed by atoms with Crippen LogP contribution in [0.15, 0.2) is 40.9 Å². The van der Waals surface area contributed by atoms with Crippen molar-refractivity contribution in [2.45, 2.75) is 78.6 Å². The molecule has 2 rings (SSSR count). The van der Waals surface area contributed by atoms with Gasteiger partial charge in [0.1, 0.15) is 0 Å². The highest BCUT2D eigenvalue weighted by Crippen LogP contribution is 2.36. The van der Waals surface area contributed by atoms with Gasteiger partial charge in [0.25, 0.3) is 0 Å². The lowest BCUT2D eigenvalue weighted by atomic mass is 9.75. The van der Waals surface area contributed by atoms with Gasteiger partial charge in [-0.25, -0.2) is 0 Å². The number of rotatable bonds is 2. The van der Waals surface area contributed by atoms with Crippen LogP contribution >= 0.6 is 24.5 Å². The Morgan fingerprint density at radius 1 is 0.654 bits per heavy atom. The van der Waals surface area contributed by atoms with E-state index in [1.54, 1.807) is 0 Å². The zero-order valence-corrected chi connectivity index (χ0v) is 20.4. The van der Waals surface area contributed by atoms with Crippen molar-refractivity contribution in [1.29, 1.82) is 0 Å². The molecule has 0 bridgehead atoms. The summed E-state index contributed by atoms with van der Waals surface area (Å²) < 4.78 is 1.14. The molecule has 2 heteroatoms. The summed E-state index contributed by atoms with van der Waals surface area (Å²) in [6, 6.07) is 13.7. The van der Waals surface area contributed by atoms with E-state index in [1.165, 1.54) is 27.3 Å². The van der Waals surface area contributed by atoms with Crippen LogP contribution in [0.3, 0.4) is 0 Å². The molecule has 26 heavy (non-hydrogen) atoms. The molecular formula is C24H34BrP. The fourth-order valence-electron chi connectivity index (χ4n) is 3.07. The second kappa shape index (κ2) is 7.40. The molecular weight excluding hydrogens is 399 g/mol. The number of hydrogen-bond acceptors (Lipinski definition) is 0. The van der Waals surface area contributed by atoms with Crippen LogP contribution in [0.4, 0.5) is 0 Å². The summed E-state index contributed by atoms with van der Waals surface area (Å²) in [4.78, 5) is 0. The minimum atomic E-state index is 0.124. The zero-order valence-electron chi connectivity index (χ0n) is 17.8. The summed E-state index contributed by atoms with van der Waals surface area (Å²) in [7, 11) is 0.677. The van der Waals surface area contributed by atoms with Gasteiger partial charge in [-0.2, -0.15) is 0 Å². The molecule has 1 atom stereocenters. The summed E-state index contributed by atoms with van der Waals surface area (Å²) in [5.74, 6) is 0. The van der Waals surface area contributed by atoms with Gasteiger partial charge in [-0.15, -0.1) is 0 Å². The zero-order chi connectivity index (χ0) is 19.9. The Morgan fingerprint density at radius 3 is 1.42 bits per heavy atom. The van der Waals surface area contributed by atoms with Crippen LogP contribution in [0, 0.1) is 0 Å². The molecule has 0 nitrogen and oxygen atoms in total. The quantitative estimate of drug-likeness (QED) is 0.449. The van der Waals surface area contributed by atoms with Crippen molar-refractivity contribution in [2.24, 2.45) is 0 Å². The molecule has 0 aliphatic rings. The van der Waals surface area contributed by atoms with Crippen LogP contribution in [0.1, 0.15) is 79.0 Å². The van der Waals surface area contributed by atoms with Crippen molar-refractivity contribution in [3.8, 4) is 0 Å². The van der Waals surface area contributed by atoms with E-state index in [0.717, 1.165) is 4.47 Å². The third kappa shape index (κ3) is 5.20. The van der Waals surface area contributed by atoms with Gasteiger partial charge in [0.05, 0.1) is 0 Å². The molecule has 2 aromatic rings. The lowest BCUT2D eigenvalue weighted by Gasteiger charge is -2.33. The molecule has 2 aromatic carbocycles. The normalized spacial score (nSPS) is 13.6. The topological polar surface area (TPSA) is 0 Å². The number of halogens is 1. The summed E-state index contributed by atoms with van der Waals surface area (Å²) in [5, 5.41) is 2.92. The van der Waals surface area contributed by atoms with Crippen LogP contribution in [0.2, 0.25) is 0 Å². The number of benzene rings is 2. The third-order valence-electron chi connectivity index (χ3n) is 4.73. The minimum absolute atomic E-state index is 0.124. The summed E-state index contributed by atoms with van der Waals surface area (Å²) >= 11 is 3.56. The van der Waals surface area contributed by atoms with Crippen molar-refractivity contribution >= 4 is 35.1 Å². The summed E-state index contributed by atoms with van der Waals surface area (Å²) in [5.41, 5.74) is 4.83. The first-order valence-corrected chi connectivity index (χ1v) is 11.2. The highest BCUT2D eigenvalue weighted by molar-refractivity contribution is 9.10. The van der Waals surface area contributed by atoms with Gasteiger partial charge < -0.3 is 0 Å². The van der Waals surface area contributed by atoms with Crippen molar-refractivity contribution < 1.29 is 0 Å². The van der Waals surface area contributed by atoms with E-state index in [1.807, 2.05) is 0 Å². The molecule has 0 aromatic heterocycles. The van der Waals surface area contributed by atoms with Crippen LogP contribution in [0.25, 0.3) is 0 Å². The monoisotopic (exact) mass is 432 g/mol. The lowest BCUT2D eigenvalue weighted by Crippen LogP contribution is -2.31. The molecule has 0 radical (unpaired) electrons. The van der Waals surface area contributed by atoms with Gasteiger partial charge in [-0.3, -0.25) is 0 Å². The van der Waals surface area contributed by atoms with Gasteiger partial charge in [-0.05, 0) is 55.7 Å². The lowest BCUT2D eigenvalue weighted by molar-refractivity contribution is 0.554. The van der Waals surface area contributed by atoms with Crippen molar-refractivity contribution in [1.82, 2.24) is 0 Å². The Labute approximate surface area is 171 Å². The molecule has 0 saturated carbocycles. The summed E-state index contributed by atoms with van der Waals surface area (Å²) in [6.45, 7) is 21.0. The highest BCUT2D eigenvalue weighted by atomic mass is 79.9. The Kier molecular flexibility index (Phi) is 6.16. The van der Waals surface area contributed by atoms with Crippen molar-refractivity contribution in [3.63, 3.8) is 0 Å². The maximum absolute atomic E-state index is 3.56. The highest BCUT2D eigenvalue weighted by Gasteiger charge is 2.29. The first-order valence-electron chi connectivity index (χ1n) is 9.42. The fraction of sp³-hybridized carbons (Fsp3) is 0.500. The predicted octanol–water partition coefficient (Wildman–Crippen LogP) is 6.97. The average molecular weight is 433 g/mol. The van der Waals surface area contributed by atoms with E-state index >= 15 is 0 Å². The molecule has 0 saturated heterocycles. The standard InChI is InChI=1S/C24H34BrP/c1-22(2,3)16-14-19(23(4,5)6)21(20(15-16)24(7,8)9)26-18-12-10-17(25)11-13-18/h10-15,26H,1-9H3. The molecule has 0 aliphatic heterocycles. The van der Waals surface area contributed by atoms with Gasteiger partial charge in [0.15, 0.2) is 0 Å². The average Bonchev–Trinajstić information content (AvgIpc) is 2.46. The van der Waals surface area contributed by atoms with E-state index in [0.29, 0.717) is 8.58 Å². The van der Waals surface area contributed by atoms with Crippen molar-refractivity contribution in [2.75, 3.05) is 0 Å². The van der Waals surface area contributed by atoms with E-state index in [9.17, 15) is 0 Å². The second-order valence-electron chi connectivity index (χ2n) is 10.3. The molecule has 0 N–H and O–H groups in total. The second-order valence-corrected chi connectivity index (χ2v) is 12.6. The SMILES string of the molecule is CC(C)(C)c1cc(C(C)(C)C)c(Pc2ccc(Br)cc2)c(C(C)(C)C)c1. The minimum Gasteiger partial charge on any atom is -0.0585 e. The summed E-state index contributed by atoms with van der Waals surface area (Å²) in [6.07, 6.45) is 0. The molecule has 1 unspecified atom stereocenters. The van der Waals surface area contributed by atoms with E-state index in [-0.39, 0.29) is 16.2 Å². The maximum Gasteiger partial charge on any atom is 0.0175 e. The Balaban J connectivity index is 2.75. The van der Waals surface area contributed by atoms with Crippen molar-refractivity contribution in [3.05, 3.63) is 57.6 Å². The predicted molar refractivity (Wildman–Crippen MR) is 124 cm³/mol. The third-order valence-corrected chi connectivity index (χ3v) is 6.67. The molecule has 0 amide bonds. The first kappa shape index (κ1) is 21.6. The molecule has 0 spiro atoms. The largest absolute Gasteiger partial charge is 0.0585 e. The van der Waals surface area contributed by atoms with Gasteiger partial charge in [0, 0.05) is 4.47 Å². The van der Waals surface area contributed by atoms with E-state index in [2.05, 4.69) is 115 Å². The Morgan fingerprint density at radius 2 is 1.08 bits per heavy atom. The van der Waals surface area contributed by atoms with E-state index < -0.39 is 0 Å². The molecule has 0 fully saturated rings. The smallest absolute Gasteiger partial charge is 0.0175 e. The first-order chi connectivity index (χ1) is 11.7. The fourth-order valence-corrected chi connectivity index (χ4v) is 5.12. The molecule has 0 aliphatic carbocycles. The Hall–Kier alpha value is -0.650.